The zero-order chi connectivity index (χ0) is 13.0. The van der Waals surface area contributed by atoms with E-state index >= 15 is 0 Å². The van der Waals surface area contributed by atoms with Crippen molar-refractivity contribution in [2.75, 3.05) is 19.0 Å². The highest BCUT2D eigenvalue weighted by molar-refractivity contribution is 9.10. The number of benzene rings is 1. The quantitative estimate of drug-likeness (QED) is 0.794. The van der Waals surface area contributed by atoms with Gasteiger partial charge in [0.15, 0.2) is 5.75 Å². The fraction of sp³-hybridized carbons (Fsp3) is 0.429. The van der Waals surface area contributed by atoms with Crippen molar-refractivity contribution in [1.82, 2.24) is 0 Å². The van der Waals surface area contributed by atoms with E-state index in [-0.39, 0.29) is 0 Å². The first-order valence-electron chi connectivity index (χ1n) is 6.12. The van der Waals surface area contributed by atoms with Crippen LogP contribution in [-0.2, 0) is 0 Å². The Morgan fingerprint density at radius 2 is 2.28 bits per heavy atom. The summed E-state index contributed by atoms with van der Waals surface area (Å²) in [5.74, 6) is 1.50. The van der Waals surface area contributed by atoms with E-state index in [0.29, 0.717) is 10.9 Å². The Kier molecular flexibility index (Phi) is 4.95. The number of ether oxygens (including phenoxy) is 1. The third kappa shape index (κ3) is 3.42. The molecule has 0 heterocycles. The van der Waals surface area contributed by atoms with E-state index in [1.807, 2.05) is 12.1 Å². The van der Waals surface area contributed by atoms with Gasteiger partial charge in [0.05, 0.1) is 17.3 Å². The maximum absolute atomic E-state index is 6.06. The van der Waals surface area contributed by atoms with E-state index in [4.69, 9.17) is 16.3 Å². The molecule has 1 aromatic carbocycles. The maximum Gasteiger partial charge on any atom is 0.156 e. The van der Waals surface area contributed by atoms with Crippen molar-refractivity contribution in [2.24, 2.45) is 5.92 Å². The summed E-state index contributed by atoms with van der Waals surface area (Å²) in [6.07, 6.45) is 8.10. The first-order valence-corrected chi connectivity index (χ1v) is 7.29. The summed E-state index contributed by atoms with van der Waals surface area (Å²) in [6, 6.07) is 3.75. The van der Waals surface area contributed by atoms with E-state index in [9.17, 15) is 0 Å². The van der Waals surface area contributed by atoms with Gasteiger partial charge in [-0.15, -0.1) is 0 Å². The van der Waals surface area contributed by atoms with Crippen molar-refractivity contribution in [1.29, 1.82) is 0 Å². The highest BCUT2D eigenvalue weighted by Gasteiger charge is 2.13. The standard InChI is InChI=1S/C14H17BrClNO/c1-18-14-12(15)7-11(16)8-13(14)17-9-10-5-3-2-4-6-10/h2-3,7-8,10,17H,4-6,9H2,1H3. The molecule has 98 valence electrons. The molecule has 0 aromatic heterocycles. The van der Waals surface area contributed by atoms with Crippen LogP contribution in [0.1, 0.15) is 19.3 Å². The van der Waals surface area contributed by atoms with Crippen LogP contribution < -0.4 is 10.1 Å². The van der Waals surface area contributed by atoms with Gasteiger partial charge in [0.1, 0.15) is 0 Å². The van der Waals surface area contributed by atoms with Gasteiger partial charge < -0.3 is 10.1 Å². The minimum atomic E-state index is 0.692. The van der Waals surface area contributed by atoms with Gasteiger partial charge >= 0.3 is 0 Å². The molecule has 0 saturated heterocycles. The third-order valence-electron chi connectivity index (χ3n) is 3.17. The molecule has 1 N–H and O–H groups in total. The van der Waals surface area contributed by atoms with Crippen LogP contribution in [0.15, 0.2) is 28.8 Å². The number of hydrogen-bond acceptors (Lipinski definition) is 2. The molecule has 4 heteroatoms. The highest BCUT2D eigenvalue weighted by Crippen LogP contribution is 2.36. The number of methoxy groups -OCH3 is 1. The summed E-state index contributed by atoms with van der Waals surface area (Å²) < 4.78 is 6.27. The zero-order valence-electron chi connectivity index (χ0n) is 10.4. The Balaban J connectivity index is 2.06. The average Bonchev–Trinajstić information content (AvgIpc) is 2.37. The van der Waals surface area contributed by atoms with Crippen molar-refractivity contribution in [3.63, 3.8) is 0 Å². The second-order valence-electron chi connectivity index (χ2n) is 4.50. The first-order chi connectivity index (χ1) is 8.70. The second kappa shape index (κ2) is 6.48. The summed E-state index contributed by atoms with van der Waals surface area (Å²) in [4.78, 5) is 0. The summed E-state index contributed by atoms with van der Waals surface area (Å²) >= 11 is 9.53. The van der Waals surface area contributed by atoms with E-state index < -0.39 is 0 Å². The summed E-state index contributed by atoms with van der Waals surface area (Å²) in [5.41, 5.74) is 0.950. The normalized spacial score (nSPS) is 18.7. The topological polar surface area (TPSA) is 21.3 Å². The molecule has 18 heavy (non-hydrogen) atoms. The molecular weight excluding hydrogens is 314 g/mol. The summed E-state index contributed by atoms with van der Waals surface area (Å²) in [5, 5.41) is 4.14. The molecule has 0 saturated carbocycles. The Morgan fingerprint density at radius 3 is 2.94 bits per heavy atom. The molecule has 0 fully saturated rings. The fourth-order valence-corrected chi connectivity index (χ4v) is 3.17. The predicted octanol–water partition coefficient (Wildman–Crippen LogP) is 4.88. The molecule has 1 aliphatic rings. The molecule has 0 spiro atoms. The lowest BCUT2D eigenvalue weighted by atomic mass is 9.94. The fourth-order valence-electron chi connectivity index (χ4n) is 2.20. The van der Waals surface area contributed by atoms with Crippen LogP contribution in [0.2, 0.25) is 5.02 Å². The number of nitrogens with one attached hydrogen (secondary N) is 1. The van der Waals surface area contributed by atoms with Gasteiger partial charge in [0, 0.05) is 11.6 Å². The summed E-state index contributed by atoms with van der Waals surface area (Å²) in [6.45, 7) is 0.952. The van der Waals surface area contributed by atoms with Crippen LogP contribution in [0.5, 0.6) is 5.75 Å². The van der Waals surface area contributed by atoms with Gasteiger partial charge in [-0.25, -0.2) is 0 Å². The Labute approximate surface area is 121 Å². The van der Waals surface area contributed by atoms with Gasteiger partial charge in [-0.2, -0.15) is 0 Å². The van der Waals surface area contributed by atoms with Crippen molar-refractivity contribution >= 4 is 33.2 Å². The van der Waals surface area contributed by atoms with Crippen LogP contribution in [0.25, 0.3) is 0 Å². The number of hydrogen-bond donors (Lipinski definition) is 1. The van der Waals surface area contributed by atoms with Crippen molar-refractivity contribution in [2.45, 2.75) is 19.3 Å². The van der Waals surface area contributed by atoms with Gasteiger partial charge in [-0.1, -0.05) is 23.8 Å². The van der Waals surface area contributed by atoms with Gasteiger partial charge in [0.25, 0.3) is 0 Å². The summed E-state index contributed by atoms with van der Waals surface area (Å²) in [7, 11) is 1.67. The van der Waals surface area contributed by atoms with Crippen LogP contribution in [0.3, 0.4) is 0 Å². The number of halogens is 2. The van der Waals surface area contributed by atoms with E-state index in [2.05, 4.69) is 33.4 Å². The number of anilines is 1. The van der Waals surface area contributed by atoms with Crippen molar-refractivity contribution in [3.05, 3.63) is 33.8 Å². The first kappa shape index (κ1) is 13.8. The van der Waals surface area contributed by atoms with Crippen LogP contribution in [0, 0.1) is 5.92 Å². The molecule has 0 bridgehead atoms. The van der Waals surface area contributed by atoms with Crippen molar-refractivity contribution < 1.29 is 4.74 Å². The van der Waals surface area contributed by atoms with Crippen molar-refractivity contribution in [3.8, 4) is 5.75 Å². The lowest BCUT2D eigenvalue weighted by Gasteiger charge is -2.20. The highest BCUT2D eigenvalue weighted by atomic mass is 79.9. The monoisotopic (exact) mass is 329 g/mol. The Hall–Kier alpha value is -0.670. The molecule has 2 nitrogen and oxygen atoms in total. The minimum Gasteiger partial charge on any atom is -0.493 e. The molecule has 0 radical (unpaired) electrons. The predicted molar refractivity (Wildman–Crippen MR) is 80.7 cm³/mol. The molecule has 1 unspecified atom stereocenters. The average molecular weight is 331 g/mol. The van der Waals surface area contributed by atoms with Gasteiger partial charge in [-0.05, 0) is 53.2 Å². The SMILES string of the molecule is COc1c(Br)cc(Cl)cc1NCC1CC=CCC1. The second-order valence-corrected chi connectivity index (χ2v) is 5.79. The smallest absolute Gasteiger partial charge is 0.156 e. The van der Waals surface area contributed by atoms with Gasteiger partial charge in [0.2, 0.25) is 0 Å². The Bertz CT molecular complexity index is 448. The number of rotatable bonds is 4. The largest absolute Gasteiger partial charge is 0.493 e. The maximum atomic E-state index is 6.06. The lowest BCUT2D eigenvalue weighted by molar-refractivity contribution is 0.413. The zero-order valence-corrected chi connectivity index (χ0v) is 12.7. The molecule has 1 atom stereocenters. The molecule has 0 aliphatic heterocycles. The van der Waals surface area contributed by atoms with Crippen LogP contribution >= 0.6 is 27.5 Å². The Morgan fingerprint density at radius 1 is 1.44 bits per heavy atom. The van der Waals surface area contributed by atoms with Crippen LogP contribution in [0.4, 0.5) is 5.69 Å². The van der Waals surface area contributed by atoms with Crippen LogP contribution in [-0.4, -0.2) is 13.7 Å². The minimum absolute atomic E-state index is 0.692. The molecule has 0 amide bonds. The lowest BCUT2D eigenvalue weighted by Crippen LogP contribution is -2.15. The van der Waals surface area contributed by atoms with E-state index in [1.54, 1.807) is 7.11 Å². The number of allylic oxidation sites excluding steroid dienone is 2. The molecular formula is C14H17BrClNO. The molecule has 2 rings (SSSR count). The van der Waals surface area contributed by atoms with E-state index in [0.717, 1.165) is 28.9 Å². The van der Waals surface area contributed by atoms with E-state index in [1.165, 1.54) is 12.8 Å². The molecule has 1 aliphatic carbocycles. The third-order valence-corrected chi connectivity index (χ3v) is 3.98. The van der Waals surface area contributed by atoms with Gasteiger partial charge in [-0.3, -0.25) is 0 Å². The molecule has 1 aromatic rings.